The van der Waals surface area contributed by atoms with Crippen molar-refractivity contribution in [3.05, 3.63) is 182 Å². The van der Waals surface area contributed by atoms with Gasteiger partial charge in [0.05, 0.1) is 5.52 Å². The highest BCUT2D eigenvalue weighted by molar-refractivity contribution is 6.09. The Morgan fingerprint density at radius 2 is 0.900 bits per heavy atom. The standard InChI is InChI=1S/C44H30N6/c1-5-14-31(15-6-1)41-46-42(32-16-7-2-8-17-32)48-43(47-41)33-23-25-36(26-24-33)50-40-28-27-37(30-39(40)38-22-13-29-45-44(38)50)49(34-18-9-3-10-19-34)35-20-11-4-12-21-35/h1-30H. The fraction of sp³-hybridized carbons (Fsp3) is 0. The molecule has 6 nitrogen and oxygen atoms in total. The number of benzene rings is 6. The quantitative estimate of drug-likeness (QED) is 0.173. The summed E-state index contributed by atoms with van der Waals surface area (Å²) in [5.41, 5.74) is 9.04. The van der Waals surface area contributed by atoms with Crippen molar-refractivity contribution in [2.75, 3.05) is 4.90 Å². The molecule has 6 heteroatoms. The monoisotopic (exact) mass is 642 g/mol. The lowest BCUT2D eigenvalue weighted by molar-refractivity contribution is 1.07. The van der Waals surface area contributed by atoms with Crippen molar-refractivity contribution < 1.29 is 0 Å². The molecule has 0 aliphatic heterocycles. The van der Waals surface area contributed by atoms with Gasteiger partial charge in [0.15, 0.2) is 17.5 Å². The number of para-hydroxylation sites is 2. The zero-order valence-electron chi connectivity index (χ0n) is 27.0. The lowest BCUT2D eigenvalue weighted by Gasteiger charge is -2.25. The van der Waals surface area contributed by atoms with Crippen molar-refractivity contribution in [1.82, 2.24) is 24.5 Å². The van der Waals surface area contributed by atoms with E-state index in [0.717, 1.165) is 61.4 Å². The molecule has 9 rings (SSSR count). The third-order valence-corrected chi connectivity index (χ3v) is 8.88. The fourth-order valence-electron chi connectivity index (χ4n) is 6.53. The van der Waals surface area contributed by atoms with Crippen LogP contribution in [0.1, 0.15) is 0 Å². The predicted molar refractivity (Wildman–Crippen MR) is 203 cm³/mol. The Bertz CT molecular complexity index is 2470. The number of nitrogens with zero attached hydrogens (tertiary/aromatic N) is 6. The molecule has 0 radical (unpaired) electrons. The van der Waals surface area contributed by atoms with Crippen molar-refractivity contribution in [1.29, 1.82) is 0 Å². The van der Waals surface area contributed by atoms with Gasteiger partial charge in [-0.1, -0.05) is 97.1 Å². The van der Waals surface area contributed by atoms with Gasteiger partial charge >= 0.3 is 0 Å². The van der Waals surface area contributed by atoms with E-state index in [4.69, 9.17) is 19.9 Å². The van der Waals surface area contributed by atoms with Crippen LogP contribution in [0.15, 0.2) is 182 Å². The lowest BCUT2D eigenvalue weighted by atomic mass is 10.1. The second-order valence-corrected chi connectivity index (χ2v) is 12.0. The average molecular weight is 643 g/mol. The summed E-state index contributed by atoms with van der Waals surface area (Å²) in [5, 5.41) is 2.22. The van der Waals surface area contributed by atoms with Gasteiger partial charge in [-0.15, -0.1) is 0 Å². The van der Waals surface area contributed by atoms with E-state index in [1.165, 1.54) is 0 Å². The van der Waals surface area contributed by atoms with Crippen molar-refractivity contribution in [3.63, 3.8) is 0 Å². The maximum Gasteiger partial charge on any atom is 0.164 e. The highest BCUT2D eigenvalue weighted by Gasteiger charge is 2.18. The fourth-order valence-corrected chi connectivity index (χ4v) is 6.53. The van der Waals surface area contributed by atoms with Crippen LogP contribution in [0, 0.1) is 0 Å². The molecule has 0 aliphatic rings. The molecule has 0 N–H and O–H groups in total. The van der Waals surface area contributed by atoms with Crippen molar-refractivity contribution >= 4 is 39.0 Å². The zero-order valence-corrected chi connectivity index (χ0v) is 27.0. The molecule has 0 amide bonds. The second-order valence-electron chi connectivity index (χ2n) is 12.0. The van der Waals surface area contributed by atoms with Gasteiger partial charge in [-0.25, -0.2) is 19.9 Å². The summed E-state index contributed by atoms with van der Waals surface area (Å²) < 4.78 is 2.23. The van der Waals surface area contributed by atoms with Gasteiger partial charge in [-0.05, 0) is 78.9 Å². The first-order chi connectivity index (χ1) is 24.8. The van der Waals surface area contributed by atoms with Crippen LogP contribution in [-0.4, -0.2) is 24.5 Å². The smallest absolute Gasteiger partial charge is 0.164 e. The van der Waals surface area contributed by atoms with Crippen LogP contribution in [0.25, 0.3) is 61.8 Å². The van der Waals surface area contributed by atoms with Gasteiger partial charge in [-0.3, -0.25) is 4.57 Å². The van der Waals surface area contributed by atoms with Crippen LogP contribution in [0.5, 0.6) is 0 Å². The number of hydrogen-bond donors (Lipinski definition) is 0. The summed E-state index contributed by atoms with van der Waals surface area (Å²) in [7, 11) is 0. The molecule has 0 fully saturated rings. The first kappa shape index (κ1) is 29.2. The van der Waals surface area contributed by atoms with Crippen LogP contribution in [0.2, 0.25) is 0 Å². The van der Waals surface area contributed by atoms with E-state index < -0.39 is 0 Å². The minimum absolute atomic E-state index is 0.621. The van der Waals surface area contributed by atoms with Gasteiger partial charge in [-0.2, -0.15) is 0 Å². The Morgan fingerprint density at radius 3 is 1.44 bits per heavy atom. The van der Waals surface area contributed by atoms with Crippen LogP contribution in [-0.2, 0) is 0 Å². The third-order valence-electron chi connectivity index (χ3n) is 8.88. The van der Waals surface area contributed by atoms with E-state index in [9.17, 15) is 0 Å². The Balaban J connectivity index is 1.15. The summed E-state index contributed by atoms with van der Waals surface area (Å²) in [4.78, 5) is 21.9. The molecule has 0 saturated carbocycles. The summed E-state index contributed by atoms with van der Waals surface area (Å²) in [6, 6.07) is 60.2. The maximum absolute atomic E-state index is 4.92. The molecule has 3 heterocycles. The number of pyridine rings is 1. The second kappa shape index (κ2) is 12.6. The highest BCUT2D eigenvalue weighted by Crippen LogP contribution is 2.39. The number of fused-ring (bicyclic) bond motifs is 3. The first-order valence-corrected chi connectivity index (χ1v) is 16.6. The normalized spacial score (nSPS) is 11.2. The SMILES string of the molecule is c1ccc(-c2nc(-c3ccccc3)nc(-c3ccc(-n4c5ccc(N(c6ccccc6)c6ccccc6)cc5c5cccnc54)cc3)n2)cc1. The summed E-state index contributed by atoms with van der Waals surface area (Å²) in [6.07, 6.45) is 1.86. The summed E-state index contributed by atoms with van der Waals surface area (Å²) in [5.74, 6) is 1.90. The Kier molecular flexibility index (Phi) is 7.37. The summed E-state index contributed by atoms with van der Waals surface area (Å²) >= 11 is 0. The molecule has 236 valence electrons. The lowest BCUT2D eigenvalue weighted by Crippen LogP contribution is -2.09. The van der Waals surface area contributed by atoms with Crippen molar-refractivity contribution in [3.8, 4) is 39.9 Å². The molecule has 0 bridgehead atoms. The van der Waals surface area contributed by atoms with Crippen LogP contribution in [0.3, 0.4) is 0 Å². The van der Waals surface area contributed by atoms with Gasteiger partial charge < -0.3 is 4.90 Å². The topological polar surface area (TPSA) is 59.7 Å². The van der Waals surface area contributed by atoms with Crippen molar-refractivity contribution in [2.24, 2.45) is 0 Å². The van der Waals surface area contributed by atoms with Gasteiger partial charge in [0.25, 0.3) is 0 Å². The largest absolute Gasteiger partial charge is 0.310 e. The van der Waals surface area contributed by atoms with Crippen LogP contribution in [0.4, 0.5) is 17.1 Å². The third kappa shape index (κ3) is 5.35. The van der Waals surface area contributed by atoms with Crippen LogP contribution >= 0.6 is 0 Å². The highest BCUT2D eigenvalue weighted by atomic mass is 15.1. The number of anilines is 3. The Labute approximate surface area is 289 Å². The zero-order chi connectivity index (χ0) is 33.3. The molecule has 0 atom stereocenters. The van der Waals surface area contributed by atoms with E-state index >= 15 is 0 Å². The molecule has 0 unspecified atom stereocenters. The Hall–Kier alpha value is -6.92. The molecular formula is C44H30N6. The van der Waals surface area contributed by atoms with E-state index in [0.29, 0.717) is 17.5 Å². The van der Waals surface area contributed by atoms with E-state index in [-0.39, 0.29) is 0 Å². The molecule has 0 aliphatic carbocycles. The Morgan fingerprint density at radius 1 is 0.400 bits per heavy atom. The van der Waals surface area contributed by atoms with Crippen LogP contribution < -0.4 is 4.90 Å². The van der Waals surface area contributed by atoms with Gasteiger partial charge in [0.1, 0.15) is 5.65 Å². The average Bonchev–Trinajstić information content (AvgIpc) is 3.53. The number of aromatic nitrogens is 5. The molecular weight excluding hydrogens is 613 g/mol. The first-order valence-electron chi connectivity index (χ1n) is 16.6. The van der Waals surface area contributed by atoms with Gasteiger partial charge in [0.2, 0.25) is 0 Å². The molecule has 0 spiro atoms. The minimum atomic E-state index is 0.621. The maximum atomic E-state index is 4.92. The molecule has 50 heavy (non-hydrogen) atoms. The number of hydrogen-bond acceptors (Lipinski definition) is 5. The minimum Gasteiger partial charge on any atom is -0.310 e. The molecule has 9 aromatic rings. The van der Waals surface area contributed by atoms with E-state index in [2.05, 4.69) is 107 Å². The predicted octanol–water partition coefficient (Wildman–Crippen LogP) is 10.8. The molecule has 6 aromatic carbocycles. The molecule has 0 saturated heterocycles. The van der Waals surface area contributed by atoms with Gasteiger partial charge in [0, 0.05) is 56.4 Å². The number of rotatable bonds is 7. The molecule has 3 aromatic heterocycles. The van der Waals surface area contributed by atoms with Crippen molar-refractivity contribution in [2.45, 2.75) is 0 Å². The van der Waals surface area contributed by atoms with E-state index in [1.807, 2.05) is 85.1 Å². The summed E-state index contributed by atoms with van der Waals surface area (Å²) in [6.45, 7) is 0. The van der Waals surface area contributed by atoms with E-state index in [1.54, 1.807) is 0 Å².